The highest BCUT2D eigenvalue weighted by molar-refractivity contribution is 6.17. The molecule has 1 heterocycles. The van der Waals surface area contributed by atoms with E-state index in [1.165, 1.54) is 0 Å². The van der Waals surface area contributed by atoms with Gasteiger partial charge in [0.25, 0.3) is 0 Å². The second kappa shape index (κ2) is 6.96. The van der Waals surface area contributed by atoms with E-state index in [1.54, 1.807) is 38.5 Å². The van der Waals surface area contributed by atoms with Crippen LogP contribution in [0.15, 0.2) is 71.4 Å². The lowest BCUT2D eigenvalue weighted by Crippen LogP contribution is -2.05. The average Bonchev–Trinajstić information content (AvgIpc) is 3.07. The highest BCUT2D eigenvalue weighted by atomic mass is 16.6. The number of nitrogens with zero attached hydrogens (tertiary/aromatic N) is 1. The zero-order chi connectivity index (χ0) is 18.8. The van der Waals surface area contributed by atoms with Gasteiger partial charge in [0.15, 0.2) is 5.70 Å². The summed E-state index contributed by atoms with van der Waals surface area (Å²) >= 11 is 0. The van der Waals surface area contributed by atoms with Crippen LogP contribution in [0.25, 0.3) is 16.8 Å². The van der Waals surface area contributed by atoms with Crippen molar-refractivity contribution in [3.63, 3.8) is 0 Å². The Hall–Kier alpha value is -3.60. The molecule has 0 N–H and O–H groups in total. The topological polar surface area (TPSA) is 57.1 Å². The fraction of sp³-hybridized carbons (Fsp3) is 0.0909. The Balaban J connectivity index is 1.79. The van der Waals surface area contributed by atoms with Gasteiger partial charge in [-0.3, -0.25) is 0 Å². The first-order valence-corrected chi connectivity index (χ1v) is 8.42. The van der Waals surface area contributed by atoms with E-state index in [2.05, 4.69) is 4.99 Å². The number of rotatable bonds is 4. The SMILES string of the molecule is COc1ccc(OC)c(/C=C2\N=C(c3cccc4ccccc34)OC2=O)c1. The monoisotopic (exact) mass is 359 g/mol. The molecule has 0 bridgehead atoms. The molecule has 0 amide bonds. The maximum Gasteiger partial charge on any atom is 0.363 e. The van der Waals surface area contributed by atoms with Crippen molar-refractivity contribution in [3.8, 4) is 11.5 Å². The van der Waals surface area contributed by atoms with Gasteiger partial charge in [0.2, 0.25) is 5.90 Å². The van der Waals surface area contributed by atoms with Crippen LogP contribution in [0.2, 0.25) is 0 Å². The highest BCUT2D eigenvalue weighted by Crippen LogP contribution is 2.29. The normalized spacial score (nSPS) is 15.0. The van der Waals surface area contributed by atoms with E-state index >= 15 is 0 Å². The van der Waals surface area contributed by atoms with Gasteiger partial charge in [-0.05, 0) is 41.1 Å². The average molecular weight is 359 g/mol. The van der Waals surface area contributed by atoms with E-state index in [1.807, 2.05) is 42.5 Å². The van der Waals surface area contributed by atoms with Crippen molar-refractivity contribution in [3.05, 3.63) is 77.5 Å². The number of fused-ring (bicyclic) bond motifs is 1. The van der Waals surface area contributed by atoms with Gasteiger partial charge in [0, 0.05) is 11.1 Å². The molecule has 3 aromatic rings. The van der Waals surface area contributed by atoms with Crippen LogP contribution in [-0.2, 0) is 9.53 Å². The molecule has 0 atom stereocenters. The predicted octanol–water partition coefficient (Wildman–Crippen LogP) is 4.20. The zero-order valence-electron chi connectivity index (χ0n) is 14.9. The lowest BCUT2D eigenvalue weighted by molar-refractivity contribution is -0.129. The minimum Gasteiger partial charge on any atom is -0.497 e. The van der Waals surface area contributed by atoms with Crippen molar-refractivity contribution < 1.29 is 19.0 Å². The fourth-order valence-electron chi connectivity index (χ4n) is 3.04. The lowest BCUT2D eigenvalue weighted by Gasteiger charge is -2.07. The molecule has 0 fully saturated rings. The number of ether oxygens (including phenoxy) is 3. The highest BCUT2D eigenvalue weighted by Gasteiger charge is 2.25. The van der Waals surface area contributed by atoms with Crippen LogP contribution in [0.1, 0.15) is 11.1 Å². The van der Waals surface area contributed by atoms with Crippen LogP contribution >= 0.6 is 0 Å². The second-order valence-corrected chi connectivity index (χ2v) is 5.97. The molecule has 1 aliphatic rings. The maximum absolute atomic E-state index is 12.4. The Kier molecular flexibility index (Phi) is 4.34. The number of aliphatic imine (C=N–C) groups is 1. The van der Waals surface area contributed by atoms with E-state index in [4.69, 9.17) is 14.2 Å². The Labute approximate surface area is 156 Å². The number of hydrogen-bond acceptors (Lipinski definition) is 5. The Morgan fingerprint density at radius 1 is 0.963 bits per heavy atom. The molecule has 0 aliphatic carbocycles. The van der Waals surface area contributed by atoms with Crippen molar-refractivity contribution in [2.24, 2.45) is 4.99 Å². The summed E-state index contributed by atoms with van der Waals surface area (Å²) in [7, 11) is 3.15. The van der Waals surface area contributed by atoms with Crippen LogP contribution in [-0.4, -0.2) is 26.1 Å². The first kappa shape index (κ1) is 16.8. The largest absolute Gasteiger partial charge is 0.497 e. The number of esters is 1. The molecule has 0 saturated carbocycles. The van der Waals surface area contributed by atoms with Crippen molar-refractivity contribution in [1.82, 2.24) is 0 Å². The Morgan fingerprint density at radius 3 is 2.59 bits per heavy atom. The lowest BCUT2D eigenvalue weighted by atomic mass is 10.0. The molecule has 0 aromatic heterocycles. The summed E-state index contributed by atoms with van der Waals surface area (Å²) in [5.74, 6) is 1.07. The van der Waals surface area contributed by atoms with Gasteiger partial charge < -0.3 is 14.2 Å². The van der Waals surface area contributed by atoms with Crippen LogP contribution in [0.5, 0.6) is 11.5 Å². The van der Waals surface area contributed by atoms with Gasteiger partial charge in [-0.15, -0.1) is 0 Å². The summed E-state index contributed by atoms with van der Waals surface area (Å²) in [6.07, 6.45) is 1.64. The molecule has 0 radical (unpaired) electrons. The molecule has 5 nitrogen and oxygen atoms in total. The molecule has 0 saturated heterocycles. The minimum absolute atomic E-state index is 0.212. The van der Waals surface area contributed by atoms with Gasteiger partial charge in [-0.1, -0.05) is 36.4 Å². The minimum atomic E-state index is -0.497. The summed E-state index contributed by atoms with van der Waals surface area (Å²) < 4.78 is 16.0. The Morgan fingerprint density at radius 2 is 1.78 bits per heavy atom. The van der Waals surface area contributed by atoms with E-state index in [-0.39, 0.29) is 5.70 Å². The van der Waals surface area contributed by atoms with Crippen molar-refractivity contribution >= 4 is 28.7 Å². The summed E-state index contributed by atoms with van der Waals surface area (Å²) in [5, 5.41) is 2.03. The van der Waals surface area contributed by atoms with E-state index < -0.39 is 5.97 Å². The number of carbonyl (C=O) groups is 1. The first-order chi connectivity index (χ1) is 13.2. The number of hydrogen-bond donors (Lipinski definition) is 0. The zero-order valence-corrected chi connectivity index (χ0v) is 14.9. The third-order valence-corrected chi connectivity index (χ3v) is 4.37. The van der Waals surface area contributed by atoms with Gasteiger partial charge in [-0.2, -0.15) is 0 Å². The number of benzene rings is 3. The van der Waals surface area contributed by atoms with Gasteiger partial charge in [0.05, 0.1) is 14.2 Å². The molecule has 1 aliphatic heterocycles. The number of carbonyl (C=O) groups excluding carboxylic acids is 1. The van der Waals surface area contributed by atoms with Crippen molar-refractivity contribution in [2.45, 2.75) is 0 Å². The number of methoxy groups -OCH3 is 2. The van der Waals surface area contributed by atoms with Crippen LogP contribution in [0.4, 0.5) is 0 Å². The molecule has 0 unspecified atom stereocenters. The summed E-state index contributed by atoms with van der Waals surface area (Å²) in [6, 6.07) is 19.1. The van der Waals surface area contributed by atoms with Gasteiger partial charge >= 0.3 is 5.97 Å². The molecular weight excluding hydrogens is 342 g/mol. The molecule has 134 valence electrons. The molecule has 5 heteroatoms. The van der Waals surface area contributed by atoms with E-state index in [9.17, 15) is 4.79 Å². The molecule has 0 spiro atoms. The summed E-state index contributed by atoms with van der Waals surface area (Å²) in [6.45, 7) is 0. The quantitative estimate of drug-likeness (QED) is 0.517. The Bertz CT molecular complexity index is 1090. The molecule has 4 rings (SSSR count). The maximum atomic E-state index is 12.4. The predicted molar refractivity (Wildman–Crippen MR) is 104 cm³/mol. The third kappa shape index (κ3) is 3.15. The molecule has 27 heavy (non-hydrogen) atoms. The fourth-order valence-corrected chi connectivity index (χ4v) is 3.04. The van der Waals surface area contributed by atoms with E-state index in [0.717, 1.165) is 16.3 Å². The standard InChI is InChI=1S/C22H17NO4/c1-25-16-10-11-20(26-2)15(12-16)13-19-22(24)27-21(23-19)18-9-5-7-14-6-3-4-8-17(14)18/h3-13H,1-2H3/b19-13-. The first-order valence-electron chi connectivity index (χ1n) is 8.42. The molecular formula is C22H17NO4. The van der Waals surface area contributed by atoms with Crippen molar-refractivity contribution in [1.29, 1.82) is 0 Å². The smallest absolute Gasteiger partial charge is 0.363 e. The van der Waals surface area contributed by atoms with Crippen LogP contribution < -0.4 is 9.47 Å². The molecule has 3 aromatic carbocycles. The summed E-state index contributed by atoms with van der Waals surface area (Å²) in [5.41, 5.74) is 1.68. The van der Waals surface area contributed by atoms with Crippen LogP contribution in [0, 0.1) is 0 Å². The third-order valence-electron chi connectivity index (χ3n) is 4.37. The second-order valence-electron chi connectivity index (χ2n) is 5.97. The van der Waals surface area contributed by atoms with Gasteiger partial charge in [0.1, 0.15) is 11.5 Å². The van der Waals surface area contributed by atoms with E-state index in [0.29, 0.717) is 23.0 Å². The van der Waals surface area contributed by atoms with Gasteiger partial charge in [-0.25, -0.2) is 9.79 Å². The summed E-state index contributed by atoms with van der Waals surface area (Å²) in [4.78, 5) is 16.8. The number of cyclic esters (lactones) is 1. The van der Waals surface area contributed by atoms with Crippen molar-refractivity contribution in [2.75, 3.05) is 14.2 Å². The van der Waals surface area contributed by atoms with Crippen LogP contribution in [0.3, 0.4) is 0 Å².